The van der Waals surface area contributed by atoms with Gasteiger partial charge in [0, 0.05) is 30.9 Å². The minimum atomic E-state index is -0.147. The molecule has 1 aliphatic carbocycles. The number of benzene rings is 1. The zero-order chi connectivity index (χ0) is 23.7. The number of aromatic nitrogens is 4. The van der Waals surface area contributed by atoms with E-state index in [1.807, 2.05) is 36.4 Å². The largest absolute Gasteiger partial charge is 0.355 e. The van der Waals surface area contributed by atoms with E-state index in [4.69, 9.17) is 4.98 Å². The van der Waals surface area contributed by atoms with Crippen molar-refractivity contribution in [3.63, 3.8) is 0 Å². The summed E-state index contributed by atoms with van der Waals surface area (Å²) in [5.41, 5.74) is 3.05. The molecule has 10 heteroatoms. The van der Waals surface area contributed by atoms with Crippen LogP contribution in [0.4, 0.5) is 0 Å². The Morgan fingerprint density at radius 2 is 2.03 bits per heavy atom. The summed E-state index contributed by atoms with van der Waals surface area (Å²) in [6, 6.07) is 11.6. The molecular formula is C24H23BrN6O2S. The molecule has 0 radical (unpaired) electrons. The standard InChI is InChI=1S/C24H23BrN6O2S/c1-26-22(32)14-8-9-19-18(11-14)30-21(17-7-2-3-10-27-17)31(19)16-6-4-5-15(12-16)29-23(33)20-13-28-24(25)34-20/h2-3,7-11,13,15-16H,4-6,12H2,1H3,(H,26,32)(H,29,33). The van der Waals surface area contributed by atoms with Gasteiger partial charge in [-0.2, -0.15) is 0 Å². The number of hydrogen-bond donors (Lipinski definition) is 2. The number of nitrogens with zero attached hydrogens (tertiary/aromatic N) is 4. The highest BCUT2D eigenvalue weighted by Gasteiger charge is 2.29. The second-order valence-electron chi connectivity index (χ2n) is 8.27. The van der Waals surface area contributed by atoms with Crippen molar-refractivity contribution < 1.29 is 9.59 Å². The van der Waals surface area contributed by atoms with Gasteiger partial charge in [0.2, 0.25) is 0 Å². The molecule has 0 aliphatic heterocycles. The van der Waals surface area contributed by atoms with Crippen LogP contribution in [-0.2, 0) is 0 Å². The number of thiazole rings is 1. The lowest BCUT2D eigenvalue weighted by Crippen LogP contribution is -2.38. The third-order valence-corrected chi connectivity index (χ3v) is 7.60. The van der Waals surface area contributed by atoms with Gasteiger partial charge in [0.05, 0.1) is 17.2 Å². The fourth-order valence-electron chi connectivity index (χ4n) is 4.57. The van der Waals surface area contributed by atoms with Crippen molar-refractivity contribution in [2.75, 3.05) is 7.05 Å². The number of imidazole rings is 1. The molecule has 3 heterocycles. The summed E-state index contributed by atoms with van der Waals surface area (Å²) in [5, 5.41) is 5.86. The average Bonchev–Trinajstić information content (AvgIpc) is 3.47. The van der Waals surface area contributed by atoms with Gasteiger partial charge in [-0.05, 0) is 71.9 Å². The molecule has 2 unspecified atom stereocenters. The zero-order valence-electron chi connectivity index (χ0n) is 18.5. The molecule has 1 fully saturated rings. The summed E-state index contributed by atoms with van der Waals surface area (Å²) in [4.78, 5) is 39.0. The fraction of sp³-hybridized carbons (Fsp3) is 0.292. The van der Waals surface area contributed by atoms with Crippen LogP contribution in [0.3, 0.4) is 0 Å². The van der Waals surface area contributed by atoms with Gasteiger partial charge in [-0.15, -0.1) is 11.3 Å². The molecule has 0 bridgehead atoms. The molecule has 174 valence electrons. The number of nitrogens with one attached hydrogen (secondary N) is 2. The first-order valence-electron chi connectivity index (χ1n) is 11.1. The van der Waals surface area contributed by atoms with E-state index in [0.717, 1.165) is 48.2 Å². The summed E-state index contributed by atoms with van der Waals surface area (Å²) in [7, 11) is 1.62. The van der Waals surface area contributed by atoms with E-state index >= 15 is 0 Å². The molecule has 3 aromatic heterocycles. The van der Waals surface area contributed by atoms with E-state index in [2.05, 4.69) is 41.1 Å². The molecule has 1 aromatic carbocycles. The number of carbonyl (C=O) groups is 2. The van der Waals surface area contributed by atoms with Gasteiger partial charge in [-0.3, -0.25) is 14.6 Å². The van der Waals surface area contributed by atoms with E-state index in [1.165, 1.54) is 11.3 Å². The van der Waals surface area contributed by atoms with E-state index in [1.54, 1.807) is 19.4 Å². The monoisotopic (exact) mass is 538 g/mol. The molecule has 0 spiro atoms. The van der Waals surface area contributed by atoms with E-state index in [-0.39, 0.29) is 23.9 Å². The third kappa shape index (κ3) is 4.47. The minimum Gasteiger partial charge on any atom is -0.355 e. The molecule has 1 aliphatic rings. The maximum absolute atomic E-state index is 12.7. The Kier molecular flexibility index (Phi) is 6.42. The van der Waals surface area contributed by atoms with Crippen molar-refractivity contribution in [2.45, 2.75) is 37.8 Å². The Morgan fingerprint density at radius 3 is 2.76 bits per heavy atom. The second-order valence-corrected chi connectivity index (χ2v) is 10.6. The number of halogens is 1. The summed E-state index contributed by atoms with van der Waals surface area (Å²) in [6.45, 7) is 0. The topological polar surface area (TPSA) is 102 Å². The lowest BCUT2D eigenvalue weighted by Gasteiger charge is -2.31. The molecule has 2 amide bonds. The van der Waals surface area contributed by atoms with Crippen LogP contribution in [0.25, 0.3) is 22.6 Å². The first-order chi connectivity index (χ1) is 16.5. The summed E-state index contributed by atoms with van der Waals surface area (Å²) in [5.74, 6) is 0.531. The maximum Gasteiger partial charge on any atom is 0.263 e. The predicted molar refractivity (Wildman–Crippen MR) is 135 cm³/mol. The first-order valence-corrected chi connectivity index (χ1v) is 12.7. The van der Waals surface area contributed by atoms with E-state index < -0.39 is 0 Å². The summed E-state index contributed by atoms with van der Waals surface area (Å²) >= 11 is 4.65. The summed E-state index contributed by atoms with van der Waals surface area (Å²) < 4.78 is 2.92. The lowest BCUT2D eigenvalue weighted by atomic mass is 9.90. The number of carbonyl (C=O) groups excluding carboxylic acids is 2. The maximum atomic E-state index is 12.7. The van der Waals surface area contributed by atoms with Crippen molar-refractivity contribution in [3.05, 3.63) is 63.1 Å². The van der Waals surface area contributed by atoms with Crippen LogP contribution < -0.4 is 10.6 Å². The quantitative estimate of drug-likeness (QED) is 0.386. The number of hydrogen-bond acceptors (Lipinski definition) is 6. The molecule has 0 saturated heterocycles. The number of rotatable bonds is 5. The predicted octanol–water partition coefficient (Wildman–Crippen LogP) is 4.59. The van der Waals surface area contributed by atoms with Crippen LogP contribution in [0.1, 0.15) is 51.8 Å². The Bertz CT molecular complexity index is 1350. The van der Waals surface area contributed by atoms with Gasteiger partial charge in [-0.25, -0.2) is 9.97 Å². The normalized spacial score (nSPS) is 18.1. The number of fused-ring (bicyclic) bond motifs is 1. The Morgan fingerprint density at radius 1 is 1.15 bits per heavy atom. The van der Waals surface area contributed by atoms with Crippen LogP contribution in [0.2, 0.25) is 0 Å². The summed E-state index contributed by atoms with van der Waals surface area (Å²) in [6.07, 6.45) is 7.02. The van der Waals surface area contributed by atoms with Gasteiger partial charge < -0.3 is 15.2 Å². The highest BCUT2D eigenvalue weighted by molar-refractivity contribution is 9.11. The molecule has 4 aromatic rings. The van der Waals surface area contributed by atoms with Crippen molar-refractivity contribution in [1.29, 1.82) is 0 Å². The zero-order valence-corrected chi connectivity index (χ0v) is 20.9. The van der Waals surface area contributed by atoms with E-state index in [9.17, 15) is 9.59 Å². The SMILES string of the molecule is CNC(=O)c1ccc2c(c1)nc(-c1ccccn1)n2C1CCCC(NC(=O)c2cnc(Br)s2)C1. The van der Waals surface area contributed by atoms with Gasteiger partial charge in [-0.1, -0.05) is 6.07 Å². The number of pyridine rings is 1. The first kappa shape index (κ1) is 22.7. The average molecular weight is 539 g/mol. The Hall–Kier alpha value is -3.11. The molecular weight excluding hydrogens is 516 g/mol. The minimum absolute atomic E-state index is 0.0475. The van der Waals surface area contributed by atoms with Gasteiger partial charge in [0.25, 0.3) is 11.8 Å². The molecule has 2 N–H and O–H groups in total. The van der Waals surface area contributed by atoms with Crippen LogP contribution in [0, 0.1) is 0 Å². The third-order valence-electron chi connectivity index (χ3n) is 6.12. The highest BCUT2D eigenvalue weighted by Crippen LogP contribution is 2.36. The second kappa shape index (κ2) is 9.63. The molecule has 1 saturated carbocycles. The van der Waals surface area contributed by atoms with Crippen LogP contribution in [0.5, 0.6) is 0 Å². The van der Waals surface area contributed by atoms with Crippen molar-refractivity contribution in [3.8, 4) is 11.5 Å². The molecule has 2 atom stereocenters. The van der Waals surface area contributed by atoms with Crippen LogP contribution in [-0.4, -0.2) is 44.4 Å². The Balaban J connectivity index is 1.49. The van der Waals surface area contributed by atoms with Crippen LogP contribution >= 0.6 is 27.3 Å². The number of amides is 2. The molecule has 8 nitrogen and oxygen atoms in total. The van der Waals surface area contributed by atoms with Gasteiger partial charge >= 0.3 is 0 Å². The van der Waals surface area contributed by atoms with Gasteiger partial charge in [0.15, 0.2) is 9.74 Å². The van der Waals surface area contributed by atoms with E-state index in [0.29, 0.717) is 14.4 Å². The van der Waals surface area contributed by atoms with Crippen LogP contribution in [0.15, 0.2) is 52.7 Å². The van der Waals surface area contributed by atoms with Crippen molar-refractivity contribution in [1.82, 2.24) is 30.2 Å². The smallest absolute Gasteiger partial charge is 0.263 e. The Labute approximate surface area is 209 Å². The van der Waals surface area contributed by atoms with Gasteiger partial charge in [0.1, 0.15) is 10.6 Å². The molecule has 5 rings (SSSR count). The lowest BCUT2D eigenvalue weighted by molar-refractivity contribution is 0.0923. The highest BCUT2D eigenvalue weighted by atomic mass is 79.9. The molecule has 34 heavy (non-hydrogen) atoms. The van der Waals surface area contributed by atoms with Crippen molar-refractivity contribution in [2.24, 2.45) is 0 Å². The fourth-order valence-corrected chi connectivity index (χ4v) is 5.74. The van der Waals surface area contributed by atoms with Crippen molar-refractivity contribution >= 4 is 50.1 Å².